The molecule has 0 saturated carbocycles. The van der Waals surface area contributed by atoms with Gasteiger partial charge in [0.05, 0.1) is 5.02 Å². The fourth-order valence-electron chi connectivity index (χ4n) is 7.93. The van der Waals surface area contributed by atoms with Crippen LogP contribution in [0.5, 0.6) is 0 Å². The van der Waals surface area contributed by atoms with Gasteiger partial charge in [0.2, 0.25) is 11.8 Å². The van der Waals surface area contributed by atoms with E-state index in [0.717, 1.165) is 71.2 Å². The van der Waals surface area contributed by atoms with Gasteiger partial charge in [-0.2, -0.15) is 0 Å². The van der Waals surface area contributed by atoms with E-state index in [9.17, 15) is 14.4 Å². The van der Waals surface area contributed by atoms with E-state index in [2.05, 4.69) is 81.7 Å². The van der Waals surface area contributed by atoms with E-state index in [1.54, 1.807) is 16.8 Å². The van der Waals surface area contributed by atoms with Crippen molar-refractivity contribution in [1.82, 2.24) is 30.7 Å². The van der Waals surface area contributed by atoms with E-state index >= 15 is 0 Å². The summed E-state index contributed by atoms with van der Waals surface area (Å²) in [5.41, 5.74) is 10.9. The van der Waals surface area contributed by atoms with Gasteiger partial charge < -0.3 is 21.3 Å². The highest BCUT2D eigenvalue weighted by Gasteiger charge is 2.26. The van der Waals surface area contributed by atoms with Crippen molar-refractivity contribution >= 4 is 29.1 Å². The van der Waals surface area contributed by atoms with E-state index < -0.39 is 0 Å². The first-order valence-electron chi connectivity index (χ1n) is 17.9. The Morgan fingerprint density at radius 3 is 2.27 bits per heavy atom. The SMILES string of the molecule is Cc1c(-c2ccn3c(=O)c(CNC[C@@H]4CCC(=O)N4)cnc3c2)cccc1-c1cccc(-c2ccc3c(c2)CC[C@H]3NC[C@H]2CCC(=O)N2)c1Cl. The zero-order valence-electron chi connectivity index (χ0n) is 28.6. The minimum atomic E-state index is -0.110. The third-order valence-electron chi connectivity index (χ3n) is 10.7. The molecule has 4 heterocycles. The summed E-state index contributed by atoms with van der Waals surface area (Å²) >= 11 is 7.23. The van der Waals surface area contributed by atoms with Crippen molar-refractivity contribution in [1.29, 1.82) is 0 Å². The van der Waals surface area contributed by atoms with E-state index in [0.29, 0.717) is 48.2 Å². The molecule has 9 nitrogen and oxygen atoms in total. The number of rotatable bonds is 10. The molecule has 5 aromatic rings. The Morgan fingerprint density at radius 1 is 0.804 bits per heavy atom. The lowest BCUT2D eigenvalue weighted by Gasteiger charge is -2.18. The summed E-state index contributed by atoms with van der Waals surface area (Å²) in [4.78, 5) is 41.0. The van der Waals surface area contributed by atoms with Crippen LogP contribution >= 0.6 is 11.6 Å². The van der Waals surface area contributed by atoms with Gasteiger partial charge in [-0.05, 0) is 83.7 Å². The van der Waals surface area contributed by atoms with Crippen LogP contribution < -0.4 is 26.8 Å². The molecule has 10 heteroatoms. The summed E-state index contributed by atoms with van der Waals surface area (Å²) in [5.74, 6) is 0.227. The molecule has 3 aromatic carbocycles. The van der Waals surface area contributed by atoms with Crippen LogP contribution in [0.4, 0.5) is 0 Å². The van der Waals surface area contributed by atoms with Gasteiger partial charge in [-0.3, -0.25) is 18.8 Å². The highest BCUT2D eigenvalue weighted by atomic mass is 35.5. The minimum absolute atomic E-state index is 0.0780. The van der Waals surface area contributed by atoms with Crippen molar-refractivity contribution in [2.45, 2.75) is 70.1 Å². The van der Waals surface area contributed by atoms with Crippen molar-refractivity contribution in [2.24, 2.45) is 0 Å². The van der Waals surface area contributed by atoms with Crippen molar-refractivity contribution in [3.8, 4) is 33.4 Å². The second kappa shape index (κ2) is 14.1. The first-order chi connectivity index (χ1) is 24.8. The Bertz CT molecular complexity index is 2230. The zero-order valence-corrected chi connectivity index (χ0v) is 29.4. The third kappa shape index (κ3) is 6.69. The Labute approximate surface area is 301 Å². The molecule has 2 saturated heterocycles. The minimum Gasteiger partial charge on any atom is -0.352 e. The molecule has 2 aliphatic heterocycles. The molecule has 0 spiro atoms. The van der Waals surface area contributed by atoms with Crippen LogP contribution in [-0.2, 0) is 22.6 Å². The van der Waals surface area contributed by atoms with Gasteiger partial charge in [0.15, 0.2) is 0 Å². The number of amides is 2. The first kappa shape index (κ1) is 33.3. The van der Waals surface area contributed by atoms with Crippen LogP contribution in [-0.4, -0.2) is 46.4 Å². The summed E-state index contributed by atoms with van der Waals surface area (Å²) in [5, 5.41) is 13.7. The monoisotopic (exact) mass is 700 g/mol. The summed E-state index contributed by atoms with van der Waals surface area (Å²) in [6, 6.07) is 23.7. The predicted molar refractivity (Wildman–Crippen MR) is 201 cm³/mol. The van der Waals surface area contributed by atoms with Crippen LogP contribution in [0.15, 0.2) is 83.9 Å². The van der Waals surface area contributed by atoms with Crippen LogP contribution in [0.2, 0.25) is 5.02 Å². The lowest BCUT2D eigenvalue weighted by Crippen LogP contribution is -2.36. The third-order valence-corrected chi connectivity index (χ3v) is 11.1. The standard InChI is InChI=1S/C41H41ClN6O3/c1-24-31(27-16-17-48-37(19-27)45-21-28(41(48)51)20-43-22-29-10-14-38(49)46-29)4-2-5-32(24)35-7-3-6-34(40(35)42)26-8-12-33-25(18-26)9-13-36(33)44-23-30-11-15-39(50)47-30/h2-8,12,16-19,21,29-30,36,43-44H,9-11,13-15,20,22-23H2,1H3,(H,46,49)(H,47,50)/t29-,30+,36+/m0/s1. The number of fused-ring (bicyclic) bond motifs is 2. The van der Waals surface area contributed by atoms with E-state index in [1.165, 1.54) is 11.1 Å². The molecule has 2 amide bonds. The molecule has 0 unspecified atom stereocenters. The van der Waals surface area contributed by atoms with Gasteiger partial charge in [-0.15, -0.1) is 0 Å². The maximum atomic E-state index is 13.3. The van der Waals surface area contributed by atoms with Gasteiger partial charge in [-0.1, -0.05) is 66.2 Å². The molecule has 51 heavy (non-hydrogen) atoms. The normalized spacial score (nSPS) is 19.8. The van der Waals surface area contributed by atoms with Crippen molar-refractivity contribution in [3.63, 3.8) is 0 Å². The lowest BCUT2D eigenvalue weighted by molar-refractivity contribution is -0.120. The van der Waals surface area contributed by atoms with Gasteiger partial charge >= 0.3 is 0 Å². The van der Waals surface area contributed by atoms with Crippen molar-refractivity contribution in [3.05, 3.63) is 117 Å². The first-order valence-corrected chi connectivity index (χ1v) is 18.3. The van der Waals surface area contributed by atoms with Crippen LogP contribution in [0, 0.1) is 6.92 Å². The Hall–Kier alpha value is -4.83. The van der Waals surface area contributed by atoms with Gasteiger partial charge in [0.1, 0.15) is 5.65 Å². The number of carbonyl (C=O) groups excluding carboxylic acids is 2. The maximum absolute atomic E-state index is 13.3. The maximum Gasteiger partial charge on any atom is 0.262 e. The molecule has 0 bridgehead atoms. The molecule has 260 valence electrons. The summed E-state index contributed by atoms with van der Waals surface area (Å²) in [7, 11) is 0. The topological polar surface area (TPSA) is 117 Å². The molecule has 2 fully saturated rings. The summed E-state index contributed by atoms with van der Waals surface area (Å²) in [6.45, 7) is 3.90. The average Bonchev–Trinajstić information content (AvgIpc) is 3.87. The highest BCUT2D eigenvalue weighted by molar-refractivity contribution is 6.36. The fraction of sp³-hybridized carbons (Fsp3) is 0.317. The number of aromatic nitrogens is 2. The second-order valence-corrected chi connectivity index (χ2v) is 14.4. The molecule has 0 radical (unpaired) electrons. The molecular formula is C41H41ClN6O3. The number of aryl methyl sites for hydroxylation is 1. The van der Waals surface area contributed by atoms with Crippen molar-refractivity contribution in [2.75, 3.05) is 13.1 Å². The Kier molecular flexibility index (Phi) is 9.19. The van der Waals surface area contributed by atoms with E-state index in [-0.39, 0.29) is 29.5 Å². The van der Waals surface area contributed by atoms with Crippen LogP contribution in [0.25, 0.3) is 39.0 Å². The van der Waals surface area contributed by atoms with E-state index in [4.69, 9.17) is 11.6 Å². The lowest BCUT2D eigenvalue weighted by atomic mass is 9.91. The summed E-state index contributed by atoms with van der Waals surface area (Å²) in [6.07, 6.45) is 8.35. The molecular weight excluding hydrogens is 660 g/mol. The van der Waals surface area contributed by atoms with Gasteiger partial charge in [-0.25, -0.2) is 4.98 Å². The Balaban J connectivity index is 1.01. The number of pyridine rings is 1. The molecule has 1 aliphatic carbocycles. The Morgan fingerprint density at radius 2 is 1.51 bits per heavy atom. The number of carbonyl (C=O) groups is 2. The number of benzene rings is 3. The smallest absolute Gasteiger partial charge is 0.262 e. The number of nitrogens with one attached hydrogen (secondary N) is 4. The fourth-order valence-corrected chi connectivity index (χ4v) is 8.27. The zero-order chi connectivity index (χ0) is 35.1. The van der Waals surface area contributed by atoms with Crippen LogP contribution in [0.1, 0.15) is 60.4 Å². The molecule has 2 aromatic heterocycles. The molecule has 3 aliphatic rings. The van der Waals surface area contributed by atoms with E-state index in [1.807, 2.05) is 18.2 Å². The highest BCUT2D eigenvalue weighted by Crippen LogP contribution is 2.41. The quantitative estimate of drug-likeness (QED) is 0.145. The molecule has 8 rings (SSSR count). The number of halogens is 1. The van der Waals surface area contributed by atoms with Crippen molar-refractivity contribution < 1.29 is 9.59 Å². The van der Waals surface area contributed by atoms with Gasteiger partial charge in [0, 0.05) is 79.7 Å². The van der Waals surface area contributed by atoms with Gasteiger partial charge in [0.25, 0.3) is 5.56 Å². The predicted octanol–water partition coefficient (Wildman–Crippen LogP) is 5.88. The van der Waals surface area contributed by atoms with Crippen LogP contribution in [0.3, 0.4) is 0 Å². The second-order valence-electron chi connectivity index (χ2n) is 14.0. The molecule has 3 atom stereocenters. The average molecular weight is 701 g/mol. The number of hydrogen-bond acceptors (Lipinski definition) is 6. The summed E-state index contributed by atoms with van der Waals surface area (Å²) < 4.78 is 1.58. The largest absolute Gasteiger partial charge is 0.352 e. The number of hydrogen-bond donors (Lipinski definition) is 4. The molecule has 4 N–H and O–H groups in total. The number of nitrogens with zero attached hydrogens (tertiary/aromatic N) is 2.